The van der Waals surface area contributed by atoms with Gasteiger partial charge in [0.25, 0.3) is 0 Å². The first-order valence-corrected chi connectivity index (χ1v) is 33.2. The lowest BCUT2D eigenvalue weighted by Crippen LogP contribution is -2.30. The number of hydrogen-bond acceptors (Lipinski definition) is 6. The normalized spacial score (nSPS) is 12.7. The molecule has 0 bridgehead atoms. The van der Waals surface area contributed by atoms with Gasteiger partial charge < -0.3 is 14.2 Å². The van der Waals surface area contributed by atoms with Crippen molar-refractivity contribution < 1.29 is 28.6 Å². The minimum absolute atomic E-state index is 0.0857. The summed E-state index contributed by atoms with van der Waals surface area (Å²) >= 11 is 0. The molecule has 0 aliphatic carbocycles. The molecule has 0 rings (SSSR count). The molecule has 0 N–H and O–H groups in total. The van der Waals surface area contributed by atoms with Gasteiger partial charge in [0.15, 0.2) is 6.10 Å². The Balaban J connectivity index is 4.30. The van der Waals surface area contributed by atoms with E-state index in [0.29, 0.717) is 19.3 Å². The van der Waals surface area contributed by atoms with Crippen LogP contribution in [0.25, 0.3) is 0 Å². The number of unbranched alkanes of at least 4 members (excludes halogenated alkanes) is 33. The van der Waals surface area contributed by atoms with Crippen molar-refractivity contribution in [3.05, 3.63) is 97.2 Å². The van der Waals surface area contributed by atoms with Gasteiger partial charge in [-0.05, 0) is 103 Å². The number of esters is 3. The average Bonchev–Trinajstić information content (AvgIpc) is 3.44. The van der Waals surface area contributed by atoms with Crippen LogP contribution in [0, 0.1) is 0 Å². The zero-order chi connectivity index (χ0) is 56.4. The second-order valence-electron chi connectivity index (χ2n) is 22.0. The molecular formula is C72H124O6. The standard InChI is InChI=1S/C72H124O6/c1-4-7-10-13-16-19-22-24-26-28-30-32-34-36-38-40-42-44-46-48-50-53-56-59-62-65-71(74)77-68-69(67-76-70(73)64-61-58-55-52-21-18-15-12-9-6-3)78-72(75)66-63-60-57-54-51-49-47-45-43-41-39-37-35-33-31-29-27-25-23-20-17-14-11-8-5-2/h7,10,16,19,24,26,29-32,36,38,42,44,48,50,69H,4-6,8-9,11-15,17-18,20-23,25,27-28,33-35,37,39-41,43,45-47,49,51-68H2,1-3H3/b10-7-,19-16-,26-24-,31-29-,32-30-,38-36-,44-42-,50-48-. The van der Waals surface area contributed by atoms with Crippen LogP contribution in [-0.4, -0.2) is 37.2 Å². The van der Waals surface area contributed by atoms with Crippen LogP contribution < -0.4 is 0 Å². The van der Waals surface area contributed by atoms with Crippen LogP contribution >= 0.6 is 0 Å². The molecule has 0 saturated carbocycles. The van der Waals surface area contributed by atoms with Crippen LogP contribution in [0.3, 0.4) is 0 Å². The topological polar surface area (TPSA) is 78.9 Å². The summed E-state index contributed by atoms with van der Waals surface area (Å²) in [5.74, 6) is -0.911. The zero-order valence-corrected chi connectivity index (χ0v) is 51.4. The molecule has 1 atom stereocenters. The van der Waals surface area contributed by atoms with E-state index in [1.54, 1.807) is 0 Å². The highest BCUT2D eigenvalue weighted by Gasteiger charge is 2.19. The maximum absolute atomic E-state index is 12.9. The van der Waals surface area contributed by atoms with E-state index < -0.39 is 6.10 Å². The Kier molecular flexibility index (Phi) is 62.7. The molecule has 448 valence electrons. The van der Waals surface area contributed by atoms with Crippen LogP contribution in [0.5, 0.6) is 0 Å². The Morgan fingerprint density at radius 3 is 0.808 bits per heavy atom. The van der Waals surface area contributed by atoms with E-state index in [4.69, 9.17) is 14.2 Å². The molecule has 0 aromatic rings. The molecule has 0 spiro atoms. The number of carbonyl (C=O) groups excluding carboxylic acids is 3. The molecule has 78 heavy (non-hydrogen) atoms. The third-order valence-electron chi connectivity index (χ3n) is 14.3. The van der Waals surface area contributed by atoms with E-state index in [1.165, 1.54) is 173 Å². The molecule has 0 aromatic heterocycles. The Morgan fingerprint density at radius 1 is 0.269 bits per heavy atom. The molecule has 0 aromatic carbocycles. The maximum Gasteiger partial charge on any atom is 0.306 e. The highest BCUT2D eigenvalue weighted by molar-refractivity contribution is 5.71. The summed E-state index contributed by atoms with van der Waals surface area (Å²) in [5, 5.41) is 0. The highest BCUT2D eigenvalue weighted by Crippen LogP contribution is 2.17. The van der Waals surface area contributed by atoms with Gasteiger partial charge in [0.05, 0.1) is 0 Å². The zero-order valence-electron chi connectivity index (χ0n) is 51.4. The molecule has 0 aliphatic heterocycles. The van der Waals surface area contributed by atoms with Gasteiger partial charge >= 0.3 is 17.9 Å². The first-order chi connectivity index (χ1) is 38.5. The number of carbonyl (C=O) groups is 3. The van der Waals surface area contributed by atoms with Gasteiger partial charge in [-0.3, -0.25) is 14.4 Å². The van der Waals surface area contributed by atoms with Gasteiger partial charge in [0.1, 0.15) is 13.2 Å². The molecule has 0 heterocycles. The van der Waals surface area contributed by atoms with Crippen molar-refractivity contribution >= 4 is 17.9 Å². The lowest BCUT2D eigenvalue weighted by atomic mass is 10.0. The van der Waals surface area contributed by atoms with Gasteiger partial charge in [0.2, 0.25) is 0 Å². The van der Waals surface area contributed by atoms with Crippen molar-refractivity contribution in [3.8, 4) is 0 Å². The summed E-state index contributed by atoms with van der Waals surface area (Å²) in [5.41, 5.74) is 0. The fourth-order valence-electron chi connectivity index (χ4n) is 9.36. The van der Waals surface area contributed by atoms with E-state index in [9.17, 15) is 14.4 Å². The van der Waals surface area contributed by atoms with Gasteiger partial charge in [0, 0.05) is 19.3 Å². The third-order valence-corrected chi connectivity index (χ3v) is 14.3. The maximum atomic E-state index is 12.9. The Labute approximate surface area is 483 Å². The minimum Gasteiger partial charge on any atom is -0.462 e. The summed E-state index contributed by atoms with van der Waals surface area (Å²) in [4.78, 5) is 38.3. The lowest BCUT2D eigenvalue weighted by molar-refractivity contribution is -0.167. The quantitative estimate of drug-likeness (QED) is 0.0261. The van der Waals surface area contributed by atoms with E-state index in [-0.39, 0.29) is 31.1 Å². The van der Waals surface area contributed by atoms with E-state index >= 15 is 0 Å². The van der Waals surface area contributed by atoms with Gasteiger partial charge in [-0.25, -0.2) is 0 Å². The highest BCUT2D eigenvalue weighted by atomic mass is 16.6. The molecule has 6 heteroatoms. The fraction of sp³-hybridized carbons (Fsp3) is 0.736. The predicted octanol–water partition coefficient (Wildman–Crippen LogP) is 22.8. The van der Waals surface area contributed by atoms with Crippen molar-refractivity contribution in [1.82, 2.24) is 0 Å². The predicted molar refractivity (Wildman–Crippen MR) is 339 cm³/mol. The third kappa shape index (κ3) is 63.2. The second kappa shape index (κ2) is 65.8. The molecule has 0 radical (unpaired) electrons. The first kappa shape index (κ1) is 74.3. The molecule has 1 unspecified atom stereocenters. The van der Waals surface area contributed by atoms with E-state index in [0.717, 1.165) is 109 Å². The summed E-state index contributed by atoms with van der Waals surface area (Å²) in [6, 6.07) is 0. The molecular weight excluding hydrogens is 961 g/mol. The molecule has 0 amide bonds. The molecule has 0 saturated heterocycles. The summed E-state index contributed by atoms with van der Waals surface area (Å²) in [6.07, 6.45) is 88.6. The Morgan fingerprint density at radius 2 is 0.500 bits per heavy atom. The summed E-state index contributed by atoms with van der Waals surface area (Å²) < 4.78 is 16.9. The Bertz CT molecular complexity index is 1530. The molecule has 6 nitrogen and oxygen atoms in total. The van der Waals surface area contributed by atoms with Crippen LogP contribution in [-0.2, 0) is 28.6 Å². The van der Waals surface area contributed by atoms with Crippen LogP contribution in [0.1, 0.15) is 323 Å². The van der Waals surface area contributed by atoms with Crippen molar-refractivity contribution in [3.63, 3.8) is 0 Å². The fourth-order valence-corrected chi connectivity index (χ4v) is 9.36. The number of rotatable bonds is 60. The van der Waals surface area contributed by atoms with Crippen molar-refractivity contribution in [2.45, 2.75) is 329 Å². The summed E-state index contributed by atoms with van der Waals surface area (Å²) in [7, 11) is 0. The monoisotopic (exact) mass is 1080 g/mol. The van der Waals surface area contributed by atoms with Crippen molar-refractivity contribution in [1.29, 1.82) is 0 Å². The number of hydrogen-bond donors (Lipinski definition) is 0. The van der Waals surface area contributed by atoms with Crippen molar-refractivity contribution in [2.24, 2.45) is 0 Å². The minimum atomic E-state index is -0.791. The first-order valence-electron chi connectivity index (χ1n) is 33.2. The SMILES string of the molecule is CC/C=C\C/C=C\C/C=C\C/C=C\C/C=C\C/C=C\C/C=C\CCCCCC(=O)OCC(COC(=O)CCCCCCCCCCCC)OC(=O)CCCCCCCCCCCCCCC/C=C\CCCCCCCCCC. The molecule has 0 aliphatic rings. The van der Waals surface area contributed by atoms with Crippen LogP contribution in [0.15, 0.2) is 97.2 Å². The Hall–Kier alpha value is -3.67. The lowest BCUT2D eigenvalue weighted by Gasteiger charge is -2.18. The van der Waals surface area contributed by atoms with E-state index in [1.807, 2.05) is 0 Å². The largest absolute Gasteiger partial charge is 0.462 e. The van der Waals surface area contributed by atoms with Gasteiger partial charge in [-0.15, -0.1) is 0 Å². The van der Waals surface area contributed by atoms with Crippen LogP contribution in [0.2, 0.25) is 0 Å². The van der Waals surface area contributed by atoms with Gasteiger partial charge in [-0.1, -0.05) is 298 Å². The number of ether oxygens (including phenoxy) is 3. The number of allylic oxidation sites excluding steroid dienone is 16. The van der Waals surface area contributed by atoms with E-state index in [2.05, 4.69) is 118 Å². The second-order valence-corrected chi connectivity index (χ2v) is 22.0. The van der Waals surface area contributed by atoms with Gasteiger partial charge in [-0.2, -0.15) is 0 Å². The van der Waals surface area contributed by atoms with Crippen LogP contribution in [0.4, 0.5) is 0 Å². The van der Waals surface area contributed by atoms with Crippen molar-refractivity contribution in [2.75, 3.05) is 13.2 Å². The summed E-state index contributed by atoms with van der Waals surface area (Å²) in [6.45, 7) is 6.52. The smallest absolute Gasteiger partial charge is 0.306 e. The molecule has 0 fully saturated rings. The average molecular weight is 1090 g/mol.